The average Bonchev–Trinajstić information content (AvgIpc) is 2.86. The van der Waals surface area contributed by atoms with Crippen LogP contribution in [0.1, 0.15) is 31.9 Å². The van der Waals surface area contributed by atoms with E-state index in [2.05, 4.69) is 88.1 Å². The van der Waals surface area contributed by atoms with Crippen molar-refractivity contribution < 1.29 is 4.79 Å². The van der Waals surface area contributed by atoms with E-state index < -0.39 is 0 Å². The fourth-order valence-corrected chi connectivity index (χ4v) is 4.97. The summed E-state index contributed by atoms with van der Waals surface area (Å²) < 4.78 is 1.09. The molecule has 1 heterocycles. The second-order valence-corrected chi connectivity index (χ2v) is 9.73. The highest BCUT2D eigenvalue weighted by atomic mass is 79.9. The van der Waals surface area contributed by atoms with Crippen molar-refractivity contribution in [2.24, 2.45) is 5.92 Å². The van der Waals surface area contributed by atoms with Crippen molar-refractivity contribution >= 4 is 33.6 Å². The maximum absolute atomic E-state index is 13.0. The molecule has 1 saturated heterocycles. The van der Waals surface area contributed by atoms with Crippen LogP contribution in [0.3, 0.4) is 0 Å². The van der Waals surface area contributed by atoms with E-state index in [1.165, 1.54) is 10.5 Å². The molecule has 5 heteroatoms. The number of amides is 1. The molecule has 150 valence electrons. The monoisotopic (exact) mass is 460 g/mol. The molecule has 0 saturated carbocycles. The van der Waals surface area contributed by atoms with Gasteiger partial charge >= 0.3 is 0 Å². The Bertz CT molecular complexity index is 751. The molecule has 0 bridgehead atoms. The van der Waals surface area contributed by atoms with E-state index in [1.807, 2.05) is 17.8 Å². The zero-order valence-electron chi connectivity index (χ0n) is 16.7. The molecular weight excluding hydrogens is 432 g/mol. The van der Waals surface area contributed by atoms with E-state index in [-0.39, 0.29) is 11.9 Å². The number of carbonyl (C=O) groups is 1. The second-order valence-electron chi connectivity index (χ2n) is 7.72. The van der Waals surface area contributed by atoms with Gasteiger partial charge < -0.3 is 9.80 Å². The molecule has 28 heavy (non-hydrogen) atoms. The largest absolute Gasteiger partial charge is 0.333 e. The lowest BCUT2D eigenvalue weighted by atomic mass is 10.1. The molecule has 0 spiro atoms. The van der Waals surface area contributed by atoms with Gasteiger partial charge in [0.1, 0.15) is 0 Å². The Morgan fingerprint density at radius 2 is 1.71 bits per heavy atom. The highest BCUT2D eigenvalue weighted by Gasteiger charge is 2.28. The van der Waals surface area contributed by atoms with Crippen LogP contribution < -0.4 is 0 Å². The fourth-order valence-electron chi connectivity index (χ4n) is 3.66. The van der Waals surface area contributed by atoms with E-state index in [0.29, 0.717) is 12.3 Å². The van der Waals surface area contributed by atoms with Crippen LogP contribution in [0.4, 0.5) is 0 Å². The van der Waals surface area contributed by atoms with Crippen molar-refractivity contribution in [2.45, 2.75) is 31.2 Å². The van der Waals surface area contributed by atoms with Crippen LogP contribution >= 0.6 is 27.7 Å². The van der Waals surface area contributed by atoms with Crippen molar-refractivity contribution in [3.05, 3.63) is 64.6 Å². The SMILES string of the molecule is CC(C)CN1CCC(=O)N([C@@H](CSc2ccc(Br)cc2)c2ccccc2)CC1. The summed E-state index contributed by atoms with van der Waals surface area (Å²) in [7, 11) is 0. The molecule has 1 atom stereocenters. The molecule has 1 aliphatic rings. The van der Waals surface area contributed by atoms with Crippen molar-refractivity contribution in [1.82, 2.24) is 9.80 Å². The standard InChI is InChI=1S/C23H29BrN2OS/c1-18(2)16-25-13-12-23(27)26(15-14-25)22(19-6-4-3-5-7-19)17-28-21-10-8-20(24)9-11-21/h3-11,18,22H,12-17H2,1-2H3/t22-/m0/s1. The number of rotatable bonds is 7. The topological polar surface area (TPSA) is 23.6 Å². The first-order chi connectivity index (χ1) is 13.5. The van der Waals surface area contributed by atoms with Gasteiger partial charge in [0.2, 0.25) is 5.91 Å². The smallest absolute Gasteiger partial charge is 0.224 e. The predicted octanol–water partition coefficient (Wildman–Crippen LogP) is 5.47. The Morgan fingerprint density at radius 3 is 2.39 bits per heavy atom. The predicted molar refractivity (Wildman–Crippen MR) is 122 cm³/mol. The van der Waals surface area contributed by atoms with Crippen molar-refractivity contribution in [2.75, 3.05) is 31.9 Å². The number of hydrogen-bond acceptors (Lipinski definition) is 3. The summed E-state index contributed by atoms with van der Waals surface area (Å²) in [5.41, 5.74) is 1.22. The third-order valence-electron chi connectivity index (χ3n) is 5.02. The zero-order valence-corrected chi connectivity index (χ0v) is 19.1. The van der Waals surface area contributed by atoms with Gasteiger partial charge in [-0.25, -0.2) is 0 Å². The van der Waals surface area contributed by atoms with Gasteiger partial charge in [0.15, 0.2) is 0 Å². The summed E-state index contributed by atoms with van der Waals surface area (Å²) >= 11 is 5.31. The second kappa shape index (κ2) is 10.5. The lowest BCUT2D eigenvalue weighted by Crippen LogP contribution is -2.38. The summed E-state index contributed by atoms with van der Waals surface area (Å²) in [6.45, 7) is 8.17. The van der Waals surface area contributed by atoms with Crippen LogP contribution in [-0.4, -0.2) is 47.6 Å². The first kappa shape index (κ1) is 21.4. The van der Waals surface area contributed by atoms with Gasteiger partial charge in [-0.3, -0.25) is 4.79 Å². The van der Waals surface area contributed by atoms with E-state index in [9.17, 15) is 4.79 Å². The van der Waals surface area contributed by atoms with Gasteiger partial charge in [-0.05, 0) is 35.7 Å². The number of nitrogens with zero attached hydrogens (tertiary/aromatic N) is 2. The number of halogens is 1. The van der Waals surface area contributed by atoms with Crippen LogP contribution in [0.5, 0.6) is 0 Å². The van der Waals surface area contributed by atoms with Gasteiger partial charge in [0.05, 0.1) is 6.04 Å². The zero-order chi connectivity index (χ0) is 19.9. The molecule has 0 aliphatic carbocycles. The Balaban J connectivity index is 1.76. The Morgan fingerprint density at radius 1 is 1.00 bits per heavy atom. The summed E-state index contributed by atoms with van der Waals surface area (Å²) in [4.78, 5) is 18.8. The third-order valence-corrected chi connectivity index (χ3v) is 6.64. The minimum absolute atomic E-state index is 0.0985. The van der Waals surface area contributed by atoms with E-state index in [4.69, 9.17) is 0 Å². The first-order valence-corrected chi connectivity index (χ1v) is 11.8. The quantitative estimate of drug-likeness (QED) is 0.511. The summed E-state index contributed by atoms with van der Waals surface area (Å²) in [6.07, 6.45) is 0.610. The molecule has 1 aliphatic heterocycles. The summed E-state index contributed by atoms with van der Waals surface area (Å²) in [5.74, 6) is 1.76. The van der Waals surface area contributed by atoms with Gasteiger partial charge in [0, 0.05) is 47.7 Å². The Labute approximate surface area is 181 Å². The van der Waals surface area contributed by atoms with Gasteiger partial charge in [-0.15, -0.1) is 11.8 Å². The number of carbonyl (C=O) groups excluding carboxylic acids is 1. The summed E-state index contributed by atoms with van der Waals surface area (Å²) in [5, 5.41) is 0. The molecule has 2 aromatic carbocycles. The summed E-state index contributed by atoms with van der Waals surface area (Å²) in [6, 6.07) is 19.0. The molecular formula is C23H29BrN2OS. The van der Waals surface area contributed by atoms with Crippen LogP contribution in [0, 0.1) is 5.92 Å². The number of thioether (sulfide) groups is 1. The third kappa shape index (κ3) is 6.10. The molecule has 0 aromatic heterocycles. The van der Waals surface area contributed by atoms with Gasteiger partial charge in [-0.1, -0.05) is 60.1 Å². The minimum atomic E-state index is 0.0985. The minimum Gasteiger partial charge on any atom is -0.333 e. The molecule has 1 amide bonds. The Kier molecular flexibility index (Phi) is 8.00. The first-order valence-electron chi connectivity index (χ1n) is 9.98. The van der Waals surface area contributed by atoms with Gasteiger partial charge in [0.25, 0.3) is 0 Å². The van der Waals surface area contributed by atoms with Crippen LogP contribution in [0.15, 0.2) is 64.0 Å². The molecule has 0 unspecified atom stereocenters. The maximum atomic E-state index is 13.0. The molecule has 0 N–H and O–H groups in total. The van der Waals surface area contributed by atoms with Gasteiger partial charge in [-0.2, -0.15) is 0 Å². The van der Waals surface area contributed by atoms with Crippen LogP contribution in [-0.2, 0) is 4.79 Å². The molecule has 2 aromatic rings. The maximum Gasteiger partial charge on any atom is 0.224 e. The highest BCUT2D eigenvalue weighted by molar-refractivity contribution is 9.10. The van der Waals surface area contributed by atoms with Crippen LogP contribution in [0.2, 0.25) is 0 Å². The molecule has 0 radical (unpaired) electrons. The average molecular weight is 461 g/mol. The molecule has 3 nitrogen and oxygen atoms in total. The molecule has 3 rings (SSSR count). The lowest BCUT2D eigenvalue weighted by molar-refractivity contribution is -0.132. The normalized spacial score (nSPS) is 17.0. The van der Waals surface area contributed by atoms with E-state index in [0.717, 1.165) is 36.4 Å². The van der Waals surface area contributed by atoms with E-state index in [1.54, 1.807) is 0 Å². The number of benzene rings is 2. The van der Waals surface area contributed by atoms with E-state index >= 15 is 0 Å². The highest BCUT2D eigenvalue weighted by Crippen LogP contribution is 2.31. The van der Waals surface area contributed by atoms with Crippen LogP contribution in [0.25, 0.3) is 0 Å². The van der Waals surface area contributed by atoms with Crippen molar-refractivity contribution in [3.8, 4) is 0 Å². The molecule has 1 fully saturated rings. The lowest BCUT2D eigenvalue weighted by Gasteiger charge is -2.31. The fraction of sp³-hybridized carbons (Fsp3) is 0.435. The Hall–Kier alpha value is -1.30. The van der Waals surface area contributed by atoms with Crippen molar-refractivity contribution in [3.63, 3.8) is 0 Å². The number of hydrogen-bond donors (Lipinski definition) is 0. The van der Waals surface area contributed by atoms with Crippen molar-refractivity contribution in [1.29, 1.82) is 0 Å².